The lowest BCUT2D eigenvalue weighted by Gasteiger charge is -2.20. The summed E-state index contributed by atoms with van der Waals surface area (Å²) in [6.45, 7) is 4.48. The Labute approximate surface area is 114 Å². The molecule has 2 aromatic carbocycles. The van der Waals surface area contributed by atoms with Crippen molar-refractivity contribution in [2.75, 3.05) is 12.0 Å². The largest absolute Gasteiger partial charge is 0.307 e. The highest BCUT2D eigenvalue weighted by atomic mass is 32.2. The fourth-order valence-electron chi connectivity index (χ4n) is 2.30. The van der Waals surface area contributed by atoms with E-state index in [1.807, 2.05) is 11.8 Å². The molecular formula is C16H21NS. The fourth-order valence-corrected chi connectivity index (χ4v) is 2.89. The summed E-state index contributed by atoms with van der Waals surface area (Å²) < 4.78 is 0. The van der Waals surface area contributed by atoms with Crippen LogP contribution in [-0.4, -0.2) is 18.1 Å². The van der Waals surface area contributed by atoms with E-state index in [0.717, 1.165) is 5.75 Å². The number of nitrogens with one attached hydrogen (secondary N) is 1. The monoisotopic (exact) mass is 259 g/mol. The Morgan fingerprint density at radius 1 is 1.06 bits per heavy atom. The summed E-state index contributed by atoms with van der Waals surface area (Å²) in [6.07, 6.45) is 2.15. The van der Waals surface area contributed by atoms with Gasteiger partial charge in [0.25, 0.3) is 0 Å². The highest BCUT2D eigenvalue weighted by molar-refractivity contribution is 7.98. The van der Waals surface area contributed by atoms with Gasteiger partial charge in [0.15, 0.2) is 0 Å². The van der Waals surface area contributed by atoms with Gasteiger partial charge in [-0.25, -0.2) is 0 Å². The molecule has 0 aliphatic carbocycles. The Morgan fingerprint density at radius 2 is 1.78 bits per heavy atom. The smallest absolute Gasteiger partial charge is 0.0294 e. The molecule has 0 heterocycles. The van der Waals surface area contributed by atoms with Crippen molar-refractivity contribution in [2.24, 2.45) is 0 Å². The molecule has 18 heavy (non-hydrogen) atoms. The van der Waals surface area contributed by atoms with Gasteiger partial charge in [-0.05, 0) is 42.5 Å². The maximum absolute atomic E-state index is 3.64. The molecule has 0 fully saturated rings. The zero-order valence-corrected chi connectivity index (χ0v) is 12.1. The third-order valence-corrected chi connectivity index (χ3v) is 4.06. The molecule has 0 radical (unpaired) electrons. The molecule has 2 rings (SSSR count). The maximum atomic E-state index is 3.64. The van der Waals surface area contributed by atoms with E-state index >= 15 is 0 Å². The molecule has 2 unspecified atom stereocenters. The van der Waals surface area contributed by atoms with Crippen molar-refractivity contribution in [3.05, 3.63) is 48.0 Å². The second-order valence-electron chi connectivity index (χ2n) is 4.85. The normalized spacial score (nSPS) is 14.6. The van der Waals surface area contributed by atoms with E-state index in [0.29, 0.717) is 12.1 Å². The summed E-state index contributed by atoms with van der Waals surface area (Å²) in [4.78, 5) is 0. The van der Waals surface area contributed by atoms with Crippen LogP contribution in [0.3, 0.4) is 0 Å². The van der Waals surface area contributed by atoms with Gasteiger partial charge in [-0.15, -0.1) is 0 Å². The lowest BCUT2D eigenvalue weighted by atomic mass is 10.0. The Bertz CT molecular complexity index is 509. The molecule has 1 N–H and O–H groups in total. The summed E-state index contributed by atoms with van der Waals surface area (Å²) in [5.74, 6) is 1.15. The van der Waals surface area contributed by atoms with Crippen LogP contribution >= 0.6 is 11.8 Å². The van der Waals surface area contributed by atoms with Crippen LogP contribution in [0.1, 0.15) is 25.5 Å². The van der Waals surface area contributed by atoms with Gasteiger partial charge in [0.1, 0.15) is 0 Å². The Morgan fingerprint density at radius 3 is 2.50 bits per heavy atom. The van der Waals surface area contributed by atoms with E-state index in [-0.39, 0.29) is 0 Å². The van der Waals surface area contributed by atoms with Crippen molar-refractivity contribution in [3.8, 4) is 0 Å². The minimum absolute atomic E-state index is 0.400. The van der Waals surface area contributed by atoms with Gasteiger partial charge in [0.2, 0.25) is 0 Å². The first-order chi connectivity index (χ1) is 8.70. The molecular weight excluding hydrogens is 238 g/mol. The van der Waals surface area contributed by atoms with Gasteiger partial charge in [-0.3, -0.25) is 0 Å². The topological polar surface area (TPSA) is 12.0 Å². The predicted molar refractivity (Wildman–Crippen MR) is 83.3 cm³/mol. The van der Waals surface area contributed by atoms with E-state index in [9.17, 15) is 0 Å². The van der Waals surface area contributed by atoms with Crippen molar-refractivity contribution in [2.45, 2.75) is 25.9 Å². The predicted octanol–water partition coefficient (Wildman–Crippen LogP) is 4.24. The van der Waals surface area contributed by atoms with E-state index < -0.39 is 0 Å². The first-order valence-electron chi connectivity index (χ1n) is 6.44. The number of fused-ring (bicyclic) bond motifs is 1. The van der Waals surface area contributed by atoms with E-state index in [1.165, 1.54) is 16.3 Å². The van der Waals surface area contributed by atoms with Gasteiger partial charge in [0, 0.05) is 17.8 Å². The second kappa shape index (κ2) is 6.26. The highest BCUT2D eigenvalue weighted by Crippen LogP contribution is 2.20. The van der Waals surface area contributed by atoms with Crippen LogP contribution in [0.25, 0.3) is 10.8 Å². The standard InChI is InChI=1S/C16H21NS/c1-12(11-18-3)17-13(2)15-9-8-14-6-4-5-7-16(14)10-15/h4-10,12-13,17H,11H2,1-3H3. The van der Waals surface area contributed by atoms with Gasteiger partial charge in [-0.1, -0.05) is 36.4 Å². The van der Waals surface area contributed by atoms with Crippen LogP contribution in [0, 0.1) is 0 Å². The van der Waals surface area contributed by atoms with E-state index in [4.69, 9.17) is 0 Å². The van der Waals surface area contributed by atoms with Crippen molar-refractivity contribution < 1.29 is 0 Å². The number of hydrogen-bond donors (Lipinski definition) is 1. The Hall–Kier alpha value is -0.990. The molecule has 0 aliphatic rings. The summed E-state index contributed by atoms with van der Waals surface area (Å²) in [5, 5.41) is 6.27. The van der Waals surface area contributed by atoms with Crippen LogP contribution in [0.4, 0.5) is 0 Å². The van der Waals surface area contributed by atoms with Gasteiger partial charge in [0.05, 0.1) is 0 Å². The lowest BCUT2D eigenvalue weighted by molar-refractivity contribution is 0.512. The number of thioether (sulfide) groups is 1. The molecule has 0 saturated heterocycles. The first-order valence-corrected chi connectivity index (χ1v) is 7.84. The summed E-state index contributed by atoms with van der Waals surface area (Å²) >= 11 is 1.89. The third-order valence-electron chi connectivity index (χ3n) is 3.22. The number of rotatable bonds is 5. The molecule has 0 amide bonds. The Balaban J connectivity index is 2.15. The fraction of sp³-hybridized carbons (Fsp3) is 0.375. The molecule has 2 atom stereocenters. The summed E-state index contributed by atoms with van der Waals surface area (Å²) in [6, 6.07) is 16.2. The van der Waals surface area contributed by atoms with E-state index in [2.05, 4.69) is 67.9 Å². The quantitative estimate of drug-likeness (QED) is 0.862. The Kier molecular flexibility index (Phi) is 4.67. The molecule has 2 aromatic rings. The number of hydrogen-bond acceptors (Lipinski definition) is 2. The third kappa shape index (κ3) is 3.27. The van der Waals surface area contributed by atoms with Crippen LogP contribution in [0.15, 0.2) is 42.5 Å². The average molecular weight is 259 g/mol. The molecule has 0 saturated carbocycles. The lowest BCUT2D eigenvalue weighted by Crippen LogP contribution is -2.30. The van der Waals surface area contributed by atoms with Crippen LogP contribution in [0.5, 0.6) is 0 Å². The van der Waals surface area contributed by atoms with Gasteiger partial charge < -0.3 is 5.32 Å². The molecule has 2 heteroatoms. The molecule has 0 spiro atoms. The van der Waals surface area contributed by atoms with Gasteiger partial charge in [-0.2, -0.15) is 11.8 Å². The summed E-state index contributed by atoms with van der Waals surface area (Å²) in [7, 11) is 0. The zero-order valence-electron chi connectivity index (χ0n) is 11.3. The minimum atomic E-state index is 0.400. The summed E-state index contributed by atoms with van der Waals surface area (Å²) in [5.41, 5.74) is 1.36. The molecule has 96 valence electrons. The van der Waals surface area contributed by atoms with Crippen LogP contribution < -0.4 is 5.32 Å². The number of benzene rings is 2. The van der Waals surface area contributed by atoms with Crippen LogP contribution in [-0.2, 0) is 0 Å². The zero-order chi connectivity index (χ0) is 13.0. The van der Waals surface area contributed by atoms with Crippen LogP contribution in [0.2, 0.25) is 0 Å². The van der Waals surface area contributed by atoms with Crippen molar-refractivity contribution >= 4 is 22.5 Å². The van der Waals surface area contributed by atoms with Crippen molar-refractivity contribution in [3.63, 3.8) is 0 Å². The second-order valence-corrected chi connectivity index (χ2v) is 5.76. The maximum Gasteiger partial charge on any atom is 0.0294 e. The molecule has 1 nitrogen and oxygen atoms in total. The van der Waals surface area contributed by atoms with Crippen molar-refractivity contribution in [1.29, 1.82) is 0 Å². The van der Waals surface area contributed by atoms with Gasteiger partial charge >= 0.3 is 0 Å². The SMILES string of the molecule is CSCC(C)NC(C)c1ccc2ccccc2c1. The average Bonchev–Trinajstić information content (AvgIpc) is 2.38. The molecule has 0 bridgehead atoms. The molecule has 0 aromatic heterocycles. The highest BCUT2D eigenvalue weighted by Gasteiger charge is 2.09. The minimum Gasteiger partial charge on any atom is -0.307 e. The molecule has 0 aliphatic heterocycles. The van der Waals surface area contributed by atoms with E-state index in [1.54, 1.807) is 0 Å². The van der Waals surface area contributed by atoms with Crippen molar-refractivity contribution in [1.82, 2.24) is 5.32 Å². The first kappa shape index (κ1) is 13.4.